The Kier molecular flexibility index (Phi) is 6.39. The third-order valence-corrected chi connectivity index (χ3v) is 5.63. The van der Waals surface area contributed by atoms with Crippen molar-refractivity contribution in [3.05, 3.63) is 35.4 Å². The zero-order valence-electron chi connectivity index (χ0n) is 16.8. The zero-order chi connectivity index (χ0) is 20.5. The van der Waals surface area contributed by atoms with Crippen LogP contribution >= 0.6 is 0 Å². The molecule has 0 saturated carbocycles. The molecule has 2 fully saturated rings. The fraction of sp³-hybridized carbons (Fsp3) is 0.714. The zero-order valence-corrected chi connectivity index (χ0v) is 16.8. The van der Waals surface area contributed by atoms with Gasteiger partial charge in [0.15, 0.2) is 12.1 Å². The molecule has 2 aliphatic rings. The predicted molar refractivity (Wildman–Crippen MR) is 97.4 cm³/mol. The first-order chi connectivity index (χ1) is 13.2. The Bertz CT molecular complexity index is 663. The summed E-state index contributed by atoms with van der Waals surface area (Å²) in [4.78, 5) is 0. The molecule has 2 aliphatic heterocycles. The molecule has 1 aromatic carbocycles. The lowest BCUT2D eigenvalue weighted by molar-refractivity contribution is -0.247. The van der Waals surface area contributed by atoms with Crippen LogP contribution < -0.4 is 0 Å². The van der Waals surface area contributed by atoms with E-state index < -0.39 is 36.0 Å². The van der Waals surface area contributed by atoms with Crippen LogP contribution in [-0.4, -0.2) is 30.4 Å². The topological polar surface area (TPSA) is 36.9 Å². The average molecular weight is 402 g/mol. The van der Waals surface area contributed by atoms with Gasteiger partial charge in [0.1, 0.15) is 12.2 Å². The van der Waals surface area contributed by atoms with Gasteiger partial charge in [0, 0.05) is 5.92 Å². The minimum Gasteiger partial charge on any atom is -0.368 e. The molecule has 2 heterocycles. The van der Waals surface area contributed by atoms with E-state index in [1.54, 1.807) is 6.07 Å². The van der Waals surface area contributed by atoms with Crippen molar-refractivity contribution in [3.63, 3.8) is 0 Å². The molecule has 0 amide bonds. The van der Waals surface area contributed by atoms with E-state index in [0.29, 0.717) is 0 Å². The second kappa shape index (κ2) is 8.30. The highest BCUT2D eigenvalue weighted by molar-refractivity contribution is 5.29. The maximum Gasteiger partial charge on any atom is 0.416 e. The molecule has 4 nitrogen and oxygen atoms in total. The molecule has 1 aromatic rings. The number of hydrogen-bond acceptors (Lipinski definition) is 4. The molecular formula is C21H29F3O4. The molecule has 2 saturated heterocycles. The Labute approximate surface area is 164 Å². The van der Waals surface area contributed by atoms with Crippen LogP contribution in [0.25, 0.3) is 0 Å². The summed E-state index contributed by atoms with van der Waals surface area (Å²) >= 11 is 0. The fourth-order valence-corrected chi connectivity index (χ4v) is 3.66. The summed E-state index contributed by atoms with van der Waals surface area (Å²) < 4.78 is 64.0. The summed E-state index contributed by atoms with van der Waals surface area (Å²) in [5, 5.41) is 0. The minimum atomic E-state index is -4.42. The largest absolute Gasteiger partial charge is 0.416 e. The molecule has 1 unspecified atom stereocenters. The van der Waals surface area contributed by atoms with E-state index in [0.717, 1.165) is 25.3 Å². The Morgan fingerprint density at radius 2 is 1.89 bits per heavy atom. The van der Waals surface area contributed by atoms with Gasteiger partial charge in [-0.15, -0.1) is 0 Å². The Morgan fingerprint density at radius 1 is 1.18 bits per heavy atom. The number of unbranched alkanes of at least 4 members (excludes halogenated alkanes) is 1. The third-order valence-electron chi connectivity index (χ3n) is 5.63. The van der Waals surface area contributed by atoms with Crippen LogP contribution in [0.1, 0.15) is 58.1 Å². The van der Waals surface area contributed by atoms with Crippen molar-refractivity contribution in [1.29, 1.82) is 0 Å². The first-order valence-corrected chi connectivity index (χ1v) is 9.93. The van der Waals surface area contributed by atoms with E-state index in [4.69, 9.17) is 18.9 Å². The van der Waals surface area contributed by atoms with Gasteiger partial charge in [-0.1, -0.05) is 51.8 Å². The van der Waals surface area contributed by atoms with E-state index in [9.17, 15) is 13.2 Å². The monoisotopic (exact) mass is 402 g/mol. The molecule has 7 heteroatoms. The lowest BCUT2D eigenvalue weighted by atomic mass is 10.0. The molecule has 0 N–H and O–H groups in total. The molecule has 0 radical (unpaired) electrons. The number of halogens is 3. The van der Waals surface area contributed by atoms with Crippen molar-refractivity contribution in [2.24, 2.45) is 5.92 Å². The number of benzene rings is 1. The number of fused-ring (bicyclic) bond motifs is 1. The van der Waals surface area contributed by atoms with Crippen molar-refractivity contribution in [3.8, 4) is 0 Å². The van der Waals surface area contributed by atoms with E-state index in [1.807, 2.05) is 20.8 Å². The third kappa shape index (κ3) is 4.37. The highest BCUT2D eigenvalue weighted by atomic mass is 19.4. The first-order valence-electron chi connectivity index (χ1n) is 9.93. The van der Waals surface area contributed by atoms with Crippen LogP contribution in [0, 0.1) is 5.92 Å². The van der Waals surface area contributed by atoms with Crippen LogP contribution in [0.3, 0.4) is 0 Å². The van der Waals surface area contributed by atoms with Gasteiger partial charge in [-0.25, -0.2) is 0 Å². The van der Waals surface area contributed by atoms with Gasteiger partial charge in [-0.3, -0.25) is 0 Å². The first kappa shape index (κ1) is 21.6. The van der Waals surface area contributed by atoms with Crippen LogP contribution in [0.15, 0.2) is 24.3 Å². The Balaban J connectivity index is 1.76. The molecular weight excluding hydrogens is 373 g/mol. The summed E-state index contributed by atoms with van der Waals surface area (Å²) in [5.41, 5.74) is -0.565. The van der Waals surface area contributed by atoms with Crippen LogP contribution in [-0.2, 0) is 31.7 Å². The minimum absolute atomic E-state index is 0.0994. The van der Waals surface area contributed by atoms with E-state index in [1.165, 1.54) is 12.1 Å². The van der Waals surface area contributed by atoms with Crippen molar-refractivity contribution >= 4 is 0 Å². The molecule has 0 spiro atoms. The van der Waals surface area contributed by atoms with Gasteiger partial charge >= 0.3 is 6.18 Å². The summed E-state index contributed by atoms with van der Waals surface area (Å²) in [5.74, 6) is -0.696. The Hall–Kier alpha value is -1.15. The van der Waals surface area contributed by atoms with E-state index >= 15 is 0 Å². The molecule has 0 aliphatic carbocycles. The highest BCUT2D eigenvalue weighted by Gasteiger charge is 2.57. The molecule has 0 bridgehead atoms. The maximum absolute atomic E-state index is 13.3. The van der Waals surface area contributed by atoms with Crippen molar-refractivity contribution in [2.75, 3.05) is 0 Å². The van der Waals surface area contributed by atoms with E-state index in [2.05, 4.69) is 6.92 Å². The van der Waals surface area contributed by atoms with Gasteiger partial charge in [-0.2, -0.15) is 13.2 Å². The molecule has 0 aromatic heterocycles. The predicted octanol–water partition coefficient (Wildman–Crippen LogP) is 5.29. The quantitative estimate of drug-likeness (QED) is 0.621. The van der Waals surface area contributed by atoms with Crippen molar-refractivity contribution in [2.45, 2.75) is 90.1 Å². The van der Waals surface area contributed by atoms with Gasteiger partial charge in [0.25, 0.3) is 0 Å². The van der Waals surface area contributed by atoms with Crippen LogP contribution in [0.5, 0.6) is 0 Å². The molecule has 3 rings (SSSR count). The maximum atomic E-state index is 13.3. The summed E-state index contributed by atoms with van der Waals surface area (Å²) in [6, 6.07) is 5.49. The molecule has 28 heavy (non-hydrogen) atoms. The number of rotatable bonds is 7. The molecule has 5 atom stereocenters. The van der Waals surface area contributed by atoms with Gasteiger partial charge in [0.2, 0.25) is 0 Å². The summed E-state index contributed by atoms with van der Waals surface area (Å²) in [6.45, 7) is 7.76. The second-order valence-corrected chi connectivity index (χ2v) is 7.99. The van der Waals surface area contributed by atoms with Gasteiger partial charge in [0.05, 0.1) is 18.3 Å². The van der Waals surface area contributed by atoms with Gasteiger partial charge < -0.3 is 18.9 Å². The highest BCUT2D eigenvalue weighted by Crippen LogP contribution is 2.43. The number of hydrogen-bond donors (Lipinski definition) is 0. The normalized spacial score (nSPS) is 32.9. The number of alkyl halides is 3. The fourth-order valence-electron chi connectivity index (χ4n) is 3.66. The lowest BCUT2D eigenvalue weighted by Crippen LogP contribution is -2.40. The van der Waals surface area contributed by atoms with Crippen molar-refractivity contribution in [1.82, 2.24) is 0 Å². The number of ether oxygens (including phenoxy) is 4. The summed E-state index contributed by atoms with van der Waals surface area (Å²) in [7, 11) is 0. The average Bonchev–Trinajstić information content (AvgIpc) is 3.11. The molecule has 158 valence electrons. The van der Waals surface area contributed by atoms with Crippen LogP contribution in [0.4, 0.5) is 13.2 Å². The summed E-state index contributed by atoms with van der Waals surface area (Å²) in [6.07, 6.45) is -3.48. The van der Waals surface area contributed by atoms with Gasteiger partial charge in [-0.05, 0) is 25.0 Å². The SMILES string of the molecule is CCCC[C@H]1O[C@@H]2OC(C)(C(C)C)O[C@@H]2[C@H]1OCc1ccccc1C(F)(F)F. The smallest absolute Gasteiger partial charge is 0.368 e. The lowest BCUT2D eigenvalue weighted by Gasteiger charge is -2.31. The second-order valence-electron chi connectivity index (χ2n) is 7.99. The van der Waals surface area contributed by atoms with Crippen LogP contribution in [0.2, 0.25) is 0 Å². The van der Waals surface area contributed by atoms with E-state index in [-0.39, 0.29) is 24.2 Å². The Morgan fingerprint density at radius 3 is 2.54 bits per heavy atom. The standard InChI is InChI=1S/C21H29F3O4/c1-5-6-11-16-17(18-19(26-16)28-20(4,27-18)13(2)3)25-12-14-9-7-8-10-15(14)21(22,23)24/h7-10,13,16-19H,5-6,11-12H2,1-4H3/t16-,17+,18-,19-,20?/m1/s1. The van der Waals surface area contributed by atoms with Crippen molar-refractivity contribution < 1.29 is 32.1 Å².